The second-order valence-electron chi connectivity index (χ2n) is 12.3. The van der Waals surface area contributed by atoms with E-state index < -0.39 is 0 Å². The monoisotopic (exact) mass is 426 g/mol. The molecule has 5 aliphatic carbocycles. The van der Waals surface area contributed by atoms with Crippen molar-refractivity contribution in [2.75, 3.05) is 0 Å². The Bertz CT molecular complexity index is 910. The van der Waals surface area contributed by atoms with Crippen LogP contribution in [0.1, 0.15) is 53.4 Å². The van der Waals surface area contributed by atoms with E-state index in [-0.39, 0.29) is 5.41 Å². The number of rotatable bonds is 5. The summed E-state index contributed by atoms with van der Waals surface area (Å²) in [6, 6.07) is 0. The van der Waals surface area contributed by atoms with E-state index in [4.69, 9.17) is 0 Å². The molecule has 0 spiro atoms. The van der Waals surface area contributed by atoms with E-state index in [1.165, 1.54) is 31.3 Å². The molecule has 0 radical (unpaired) electrons. The molecule has 0 heterocycles. The third-order valence-electron chi connectivity index (χ3n) is 9.35. The third-order valence-corrected chi connectivity index (χ3v) is 9.35. The van der Waals surface area contributed by atoms with Crippen LogP contribution >= 0.6 is 0 Å². The van der Waals surface area contributed by atoms with Crippen LogP contribution in [0.3, 0.4) is 0 Å². The maximum Gasteiger partial charge on any atom is -0.00954 e. The van der Waals surface area contributed by atoms with Crippen LogP contribution in [-0.2, 0) is 0 Å². The highest BCUT2D eigenvalue weighted by Crippen LogP contribution is 2.56. The summed E-state index contributed by atoms with van der Waals surface area (Å²) < 4.78 is 0. The lowest BCUT2D eigenvalue weighted by atomic mass is 9.74. The molecule has 5 rings (SSSR count). The molecule has 2 saturated carbocycles. The van der Waals surface area contributed by atoms with Gasteiger partial charge in [-0.1, -0.05) is 93.2 Å². The zero-order valence-corrected chi connectivity index (χ0v) is 20.6. The molecule has 0 nitrogen and oxygen atoms in total. The van der Waals surface area contributed by atoms with Crippen LogP contribution in [0.15, 0.2) is 84.6 Å². The van der Waals surface area contributed by atoms with E-state index in [9.17, 15) is 0 Å². The molecule has 9 atom stereocenters. The van der Waals surface area contributed by atoms with E-state index in [0.29, 0.717) is 23.7 Å². The zero-order chi connectivity index (χ0) is 22.5. The van der Waals surface area contributed by atoms with Crippen molar-refractivity contribution in [2.24, 2.45) is 58.7 Å². The van der Waals surface area contributed by atoms with Gasteiger partial charge in [0, 0.05) is 0 Å². The van der Waals surface area contributed by atoms with Crippen LogP contribution in [0.4, 0.5) is 0 Å². The molecule has 0 aliphatic heterocycles. The van der Waals surface area contributed by atoms with Gasteiger partial charge >= 0.3 is 0 Å². The van der Waals surface area contributed by atoms with E-state index >= 15 is 0 Å². The Labute approximate surface area is 196 Å². The standard InChI is InChI=1S/C32H42/c1-6-9-22-19-23(26-11-8-7-10-25(22)26)13-16-29-30-18-21(2)12-15-27(30)28-17-14-24(20-31(28)29)32(3,4)5/h6-8,10-12,14-15,17-18,20,22-23,25-31H,1,9,13,16,19H2,2-5H3. The van der Waals surface area contributed by atoms with Crippen LogP contribution in [-0.4, -0.2) is 0 Å². The van der Waals surface area contributed by atoms with Gasteiger partial charge in [-0.05, 0) is 96.9 Å². The van der Waals surface area contributed by atoms with Gasteiger partial charge in [-0.2, -0.15) is 0 Å². The summed E-state index contributed by atoms with van der Waals surface area (Å²) in [5.41, 5.74) is 3.24. The van der Waals surface area contributed by atoms with E-state index in [1.54, 1.807) is 5.57 Å². The number of hydrogen-bond acceptors (Lipinski definition) is 0. The van der Waals surface area contributed by atoms with Gasteiger partial charge in [-0.25, -0.2) is 0 Å². The van der Waals surface area contributed by atoms with Crippen LogP contribution < -0.4 is 0 Å². The van der Waals surface area contributed by atoms with Crippen molar-refractivity contribution >= 4 is 0 Å². The Morgan fingerprint density at radius 1 is 0.812 bits per heavy atom. The molecule has 5 aliphatic rings. The van der Waals surface area contributed by atoms with Crippen molar-refractivity contribution < 1.29 is 0 Å². The fourth-order valence-electron chi connectivity index (χ4n) is 7.78. The van der Waals surface area contributed by atoms with Gasteiger partial charge in [-0.3, -0.25) is 0 Å². The molecular weight excluding hydrogens is 384 g/mol. The predicted molar refractivity (Wildman–Crippen MR) is 138 cm³/mol. The molecule has 0 bridgehead atoms. The van der Waals surface area contributed by atoms with Crippen LogP contribution in [0.25, 0.3) is 0 Å². The number of hydrogen-bond donors (Lipinski definition) is 0. The lowest BCUT2D eigenvalue weighted by Gasteiger charge is -2.31. The normalized spacial score (nSPS) is 41.7. The first-order valence-electron chi connectivity index (χ1n) is 13.1. The lowest BCUT2D eigenvalue weighted by molar-refractivity contribution is 0.289. The fourth-order valence-corrected chi connectivity index (χ4v) is 7.78. The van der Waals surface area contributed by atoms with Crippen molar-refractivity contribution in [1.29, 1.82) is 0 Å². The van der Waals surface area contributed by atoms with E-state index in [0.717, 1.165) is 29.6 Å². The lowest BCUT2D eigenvalue weighted by Crippen LogP contribution is -2.22. The molecule has 2 fully saturated rings. The first-order valence-corrected chi connectivity index (χ1v) is 13.1. The van der Waals surface area contributed by atoms with Crippen molar-refractivity contribution in [3.8, 4) is 0 Å². The quantitative estimate of drug-likeness (QED) is 0.387. The molecule has 9 unspecified atom stereocenters. The van der Waals surface area contributed by atoms with Gasteiger partial charge in [0.25, 0.3) is 0 Å². The summed E-state index contributed by atoms with van der Waals surface area (Å²) >= 11 is 0. The summed E-state index contributed by atoms with van der Waals surface area (Å²) in [6.45, 7) is 13.4. The minimum atomic E-state index is 0.233. The fraction of sp³-hybridized carbons (Fsp3) is 0.562. The predicted octanol–water partition coefficient (Wildman–Crippen LogP) is 8.49. The maximum absolute atomic E-state index is 4.05. The third kappa shape index (κ3) is 3.89. The van der Waals surface area contributed by atoms with Gasteiger partial charge in [-0.15, -0.1) is 6.58 Å². The van der Waals surface area contributed by atoms with Gasteiger partial charge in [0.15, 0.2) is 0 Å². The van der Waals surface area contributed by atoms with Crippen LogP contribution in [0, 0.1) is 58.7 Å². The second-order valence-corrected chi connectivity index (χ2v) is 12.3. The molecule has 0 heteroatoms. The Kier molecular flexibility index (Phi) is 5.85. The highest BCUT2D eigenvalue weighted by molar-refractivity contribution is 5.37. The summed E-state index contributed by atoms with van der Waals surface area (Å²) in [6.07, 6.45) is 32.3. The molecule has 32 heavy (non-hydrogen) atoms. The van der Waals surface area contributed by atoms with Gasteiger partial charge in [0.2, 0.25) is 0 Å². The first kappa shape index (κ1) is 22.0. The van der Waals surface area contributed by atoms with Crippen LogP contribution in [0.2, 0.25) is 0 Å². The minimum Gasteiger partial charge on any atom is -0.103 e. The van der Waals surface area contributed by atoms with Crippen molar-refractivity contribution in [3.05, 3.63) is 84.6 Å². The molecule has 0 aromatic heterocycles. The van der Waals surface area contributed by atoms with Gasteiger partial charge in [0.1, 0.15) is 0 Å². The molecular formula is C32H42. The molecule has 0 aromatic carbocycles. The molecule has 0 aromatic rings. The summed E-state index contributed by atoms with van der Waals surface area (Å²) in [7, 11) is 0. The Morgan fingerprint density at radius 3 is 2.16 bits per heavy atom. The van der Waals surface area contributed by atoms with Gasteiger partial charge < -0.3 is 0 Å². The molecule has 0 saturated heterocycles. The maximum atomic E-state index is 4.05. The average molecular weight is 427 g/mol. The van der Waals surface area contributed by atoms with Crippen molar-refractivity contribution in [1.82, 2.24) is 0 Å². The highest BCUT2D eigenvalue weighted by Gasteiger charge is 2.49. The van der Waals surface area contributed by atoms with Crippen LogP contribution in [0.5, 0.6) is 0 Å². The summed E-state index contributed by atoms with van der Waals surface area (Å²) in [4.78, 5) is 0. The largest absolute Gasteiger partial charge is 0.103 e. The first-order chi connectivity index (χ1) is 15.4. The Morgan fingerprint density at radius 2 is 1.47 bits per heavy atom. The number of fused-ring (bicyclic) bond motifs is 4. The van der Waals surface area contributed by atoms with Crippen molar-refractivity contribution in [2.45, 2.75) is 53.4 Å². The van der Waals surface area contributed by atoms with E-state index in [1.807, 2.05) is 0 Å². The smallest absolute Gasteiger partial charge is 0.00954 e. The SMILES string of the molecule is C=CCC1CC(CCC2C3C=C(C)C=CC3C3C=CC(C(C)(C)C)=CC32)C2C=CC=CC12. The summed E-state index contributed by atoms with van der Waals surface area (Å²) in [5.74, 6) is 6.63. The Balaban J connectivity index is 1.38. The van der Waals surface area contributed by atoms with E-state index in [2.05, 4.69) is 101 Å². The highest BCUT2D eigenvalue weighted by atomic mass is 14.5. The van der Waals surface area contributed by atoms with Gasteiger partial charge in [0.05, 0.1) is 0 Å². The Hall–Kier alpha value is -1.82. The molecule has 170 valence electrons. The average Bonchev–Trinajstić information content (AvgIpc) is 3.26. The summed E-state index contributed by atoms with van der Waals surface area (Å²) in [5, 5.41) is 0. The molecule has 0 amide bonds. The minimum absolute atomic E-state index is 0.233. The molecule has 0 N–H and O–H groups in total. The van der Waals surface area contributed by atoms with Crippen molar-refractivity contribution in [3.63, 3.8) is 0 Å². The zero-order valence-electron chi connectivity index (χ0n) is 20.6. The second kappa shape index (κ2) is 8.51. The topological polar surface area (TPSA) is 0 Å². The number of allylic oxidation sites excluding steroid dienone is 13.